The molecule has 4 heteroatoms. The Morgan fingerprint density at radius 1 is 1.37 bits per heavy atom. The lowest BCUT2D eigenvalue weighted by Crippen LogP contribution is -2.37. The molecule has 0 fully saturated rings. The molecule has 0 aliphatic carbocycles. The number of nitrogens with one attached hydrogen (secondary N) is 1. The first-order chi connectivity index (χ1) is 9.13. The van der Waals surface area contributed by atoms with Crippen LogP contribution in [0.2, 0.25) is 5.02 Å². The van der Waals surface area contributed by atoms with Crippen LogP contribution in [0.4, 0.5) is 5.69 Å². The highest BCUT2D eigenvalue weighted by Crippen LogP contribution is 2.26. The SMILES string of the molecule is CCNCc1ccc(Cl)cc1N(CC)C(C)COC. The van der Waals surface area contributed by atoms with Crippen LogP contribution in [0, 0.1) is 0 Å². The van der Waals surface area contributed by atoms with Gasteiger partial charge in [-0.2, -0.15) is 0 Å². The highest BCUT2D eigenvalue weighted by Gasteiger charge is 2.16. The van der Waals surface area contributed by atoms with Crippen LogP contribution in [-0.2, 0) is 11.3 Å². The van der Waals surface area contributed by atoms with Gasteiger partial charge in [-0.05, 0) is 38.1 Å². The zero-order valence-corrected chi connectivity index (χ0v) is 13.1. The van der Waals surface area contributed by atoms with Crippen molar-refractivity contribution >= 4 is 17.3 Å². The lowest BCUT2D eigenvalue weighted by atomic mass is 10.1. The summed E-state index contributed by atoms with van der Waals surface area (Å²) in [5, 5.41) is 4.15. The number of rotatable bonds is 8. The molecule has 0 bridgehead atoms. The lowest BCUT2D eigenvalue weighted by molar-refractivity contribution is 0.182. The summed E-state index contributed by atoms with van der Waals surface area (Å²) in [6, 6.07) is 6.42. The van der Waals surface area contributed by atoms with Gasteiger partial charge in [-0.15, -0.1) is 0 Å². The van der Waals surface area contributed by atoms with Gasteiger partial charge in [0.25, 0.3) is 0 Å². The Balaban J connectivity index is 3.02. The minimum absolute atomic E-state index is 0.328. The first kappa shape index (κ1) is 16.3. The summed E-state index contributed by atoms with van der Waals surface area (Å²) in [4.78, 5) is 2.34. The zero-order chi connectivity index (χ0) is 14.3. The Labute approximate surface area is 121 Å². The molecule has 0 aliphatic rings. The van der Waals surface area contributed by atoms with Crippen molar-refractivity contribution in [2.24, 2.45) is 0 Å². The molecule has 108 valence electrons. The second kappa shape index (κ2) is 8.41. The Morgan fingerprint density at radius 2 is 2.11 bits per heavy atom. The van der Waals surface area contributed by atoms with E-state index in [0.29, 0.717) is 12.6 Å². The van der Waals surface area contributed by atoms with E-state index in [1.165, 1.54) is 11.3 Å². The lowest BCUT2D eigenvalue weighted by Gasteiger charge is -2.32. The fourth-order valence-electron chi connectivity index (χ4n) is 2.26. The highest BCUT2D eigenvalue weighted by atomic mass is 35.5. The fraction of sp³-hybridized carbons (Fsp3) is 0.600. The Kier molecular flexibility index (Phi) is 7.21. The van der Waals surface area contributed by atoms with Gasteiger partial charge in [0.15, 0.2) is 0 Å². The standard InChI is InChI=1S/C15H25ClN2O/c1-5-17-10-13-7-8-14(16)9-15(13)18(6-2)12(3)11-19-4/h7-9,12,17H,5-6,10-11H2,1-4H3. The molecule has 1 rings (SSSR count). The molecule has 0 heterocycles. The topological polar surface area (TPSA) is 24.5 Å². The molecule has 1 aromatic rings. The van der Waals surface area contributed by atoms with E-state index in [-0.39, 0.29) is 0 Å². The summed E-state index contributed by atoms with van der Waals surface area (Å²) in [6.45, 7) is 9.90. The molecule has 0 radical (unpaired) electrons. The molecule has 1 N–H and O–H groups in total. The number of hydrogen-bond acceptors (Lipinski definition) is 3. The van der Waals surface area contributed by atoms with Crippen molar-refractivity contribution in [1.29, 1.82) is 0 Å². The summed E-state index contributed by atoms with van der Waals surface area (Å²) < 4.78 is 5.27. The number of likely N-dealkylation sites (N-methyl/N-ethyl adjacent to an activating group) is 1. The van der Waals surface area contributed by atoms with Crippen LogP contribution >= 0.6 is 11.6 Å². The van der Waals surface area contributed by atoms with Crippen molar-refractivity contribution in [3.8, 4) is 0 Å². The van der Waals surface area contributed by atoms with Crippen LogP contribution in [0.15, 0.2) is 18.2 Å². The van der Waals surface area contributed by atoms with E-state index < -0.39 is 0 Å². The summed E-state index contributed by atoms with van der Waals surface area (Å²) >= 11 is 6.16. The minimum Gasteiger partial charge on any atom is -0.383 e. The second-order valence-electron chi connectivity index (χ2n) is 4.64. The van der Waals surface area contributed by atoms with E-state index in [1.54, 1.807) is 7.11 Å². The highest BCUT2D eigenvalue weighted by molar-refractivity contribution is 6.30. The third-order valence-electron chi connectivity index (χ3n) is 3.20. The first-order valence-electron chi connectivity index (χ1n) is 6.88. The van der Waals surface area contributed by atoms with Gasteiger partial charge in [-0.3, -0.25) is 0 Å². The minimum atomic E-state index is 0.328. The maximum atomic E-state index is 6.16. The molecule has 0 saturated heterocycles. The number of ether oxygens (including phenoxy) is 1. The van der Waals surface area contributed by atoms with Gasteiger partial charge in [-0.1, -0.05) is 24.6 Å². The van der Waals surface area contributed by atoms with Crippen LogP contribution in [0.25, 0.3) is 0 Å². The second-order valence-corrected chi connectivity index (χ2v) is 5.08. The van der Waals surface area contributed by atoms with Gasteiger partial charge in [0, 0.05) is 37.0 Å². The number of anilines is 1. The van der Waals surface area contributed by atoms with E-state index in [1.807, 2.05) is 12.1 Å². The molecule has 0 aromatic heterocycles. The molecule has 0 saturated carbocycles. The van der Waals surface area contributed by atoms with Gasteiger partial charge in [0.2, 0.25) is 0 Å². The smallest absolute Gasteiger partial charge is 0.0663 e. The van der Waals surface area contributed by atoms with Gasteiger partial charge in [0.05, 0.1) is 6.61 Å². The van der Waals surface area contributed by atoms with Crippen LogP contribution in [0.5, 0.6) is 0 Å². The maximum absolute atomic E-state index is 6.16. The molecule has 1 unspecified atom stereocenters. The van der Waals surface area contributed by atoms with Crippen LogP contribution in [0.1, 0.15) is 26.3 Å². The molecule has 3 nitrogen and oxygen atoms in total. The predicted octanol–water partition coefficient (Wildman–Crippen LogP) is 3.31. The van der Waals surface area contributed by atoms with Crippen molar-refractivity contribution in [1.82, 2.24) is 5.32 Å². The van der Waals surface area contributed by atoms with Gasteiger partial charge >= 0.3 is 0 Å². The van der Waals surface area contributed by atoms with E-state index in [0.717, 1.165) is 24.7 Å². The predicted molar refractivity (Wildman–Crippen MR) is 83.2 cm³/mol. The molecule has 0 amide bonds. The van der Waals surface area contributed by atoms with E-state index in [4.69, 9.17) is 16.3 Å². The van der Waals surface area contributed by atoms with Crippen LogP contribution in [0.3, 0.4) is 0 Å². The van der Waals surface area contributed by atoms with E-state index in [9.17, 15) is 0 Å². The molecular weight excluding hydrogens is 260 g/mol. The van der Waals surface area contributed by atoms with Crippen molar-refractivity contribution in [3.63, 3.8) is 0 Å². The van der Waals surface area contributed by atoms with Gasteiger partial charge < -0.3 is 15.0 Å². The first-order valence-corrected chi connectivity index (χ1v) is 7.26. The van der Waals surface area contributed by atoms with E-state index in [2.05, 4.69) is 37.1 Å². The number of nitrogens with zero attached hydrogens (tertiary/aromatic N) is 1. The molecule has 1 atom stereocenters. The monoisotopic (exact) mass is 284 g/mol. The summed E-state index contributed by atoms with van der Waals surface area (Å²) in [7, 11) is 1.74. The normalized spacial score (nSPS) is 12.5. The average molecular weight is 285 g/mol. The Hall–Kier alpha value is -0.770. The van der Waals surface area contributed by atoms with E-state index >= 15 is 0 Å². The Morgan fingerprint density at radius 3 is 2.68 bits per heavy atom. The largest absolute Gasteiger partial charge is 0.383 e. The number of benzene rings is 1. The average Bonchev–Trinajstić information content (AvgIpc) is 2.39. The van der Waals surface area contributed by atoms with Gasteiger partial charge in [-0.25, -0.2) is 0 Å². The van der Waals surface area contributed by atoms with Gasteiger partial charge in [0.1, 0.15) is 0 Å². The van der Waals surface area contributed by atoms with Crippen LogP contribution in [-0.4, -0.2) is 32.8 Å². The molecule has 19 heavy (non-hydrogen) atoms. The van der Waals surface area contributed by atoms with Crippen LogP contribution < -0.4 is 10.2 Å². The quantitative estimate of drug-likeness (QED) is 0.793. The number of halogens is 1. The summed E-state index contributed by atoms with van der Waals surface area (Å²) in [6.07, 6.45) is 0. The van der Waals surface area contributed by atoms with Crippen molar-refractivity contribution in [2.75, 3.05) is 31.7 Å². The van der Waals surface area contributed by atoms with Crippen molar-refractivity contribution in [2.45, 2.75) is 33.4 Å². The Bertz CT molecular complexity index is 384. The number of hydrogen-bond donors (Lipinski definition) is 1. The molecule has 0 aliphatic heterocycles. The fourth-order valence-corrected chi connectivity index (χ4v) is 2.43. The van der Waals surface area contributed by atoms with Crippen molar-refractivity contribution < 1.29 is 4.74 Å². The van der Waals surface area contributed by atoms with Crippen molar-refractivity contribution in [3.05, 3.63) is 28.8 Å². The molecule has 0 spiro atoms. The third kappa shape index (κ3) is 4.68. The summed E-state index contributed by atoms with van der Waals surface area (Å²) in [5.41, 5.74) is 2.47. The third-order valence-corrected chi connectivity index (χ3v) is 3.44. The maximum Gasteiger partial charge on any atom is 0.0663 e. The summed E-state index contributed by atoms with van der Waals surface area (Å²) in [5.74, 6) is 0. The number of methoxy groups -OCH3 is 1. The zero-order valence-electron chi connectivity index (χ0n) is 12.4. The molecule has 1 aromatic carbocycles. The molecular formula is C15H25ClN2O.